The lowest BCUT2D eigenvalue weighted by atomic mass is 9.90. The van der Waals surface area contributed by atoms with Crippen LogP contribution in [0.15, 0.2) is 59.5 Å². The Labute approximate surface area is 317 Å². The molecule has 7 N–H and O–H groups in total. The molecule has 55 heavy (non-hydrogen) atoms. The van der Waals surface area contributed by atoms with Crippen LogP contribution in [0.2, 0.25) is 0 Å². The molecule has 4 aliphatic rings. The summed E-state index contributed by atoms with van der Waals surface area (Å²) in [5.41, 5.74) is 17.7. The number of ketones is 1. The van der Waals surface area contributed by atoms with Crippen molar-refractivity contribution in [2.75, 3.05) is 19.9 Å². The molecule has 16 nitrogen and oxygen atoms in total. The molecule has 0 radical (unpaired) electrons. The van der Waals surface area contributed by atoms with Crippen molar-refractivity contribution >= 4 is 40.9 Å². The smallest absolute Gasteiger partial charge is 0.246 e. The van der Waals surface area contributed by atoms with Crippen molar-refractivity contribution in [1.82, 2.24) is 30.4 Å². The number of nitrogens with two attached hydrogens (primary N) is 2. The Morgan fingerprint density at radius 3 is 2.36 bits per heavy atom. The fraction of sp³-hybridized carbons (Fsp3) is 0.410. The molecular formula is C39H45N9O7. The number of aliphatic imine (C=N–C) groups is 1. The van der Waals surface area contributed by atoms with Crippen molar-refractivity contribution in [3.05, 3.63) is 82.4 Å². The first kappa shape index (κ1) is 37.1. The lowest BCUT2D eigenvalue weighted by molar-refractivity contribution is -0.146. The van der Waals surface area contributed by atoms with Crippen molar-refractivity contribution in [2.45, 2.75) is 83.1 Å². The van der Waals surface area contributed by atoms with E-state index in [1.54, 1.807) is 17.2 Å². The van der Waals surface area contributed by atoms with Crippen LogP contribution in [0.3, 0.4) is 0 Å². The van der Waals surface area contributed by atoms with Crippen LogP contribution in [-0.2, 0) is 49.8 Å². The van der Waals surface area contributed by atoms with Gasteiger partial charge in [0.1, 0.15) is 18.1 Å². The summed E-state index contributed by atoms with van der Waals surface area (Å²) in [5.74, 6) is -1.08. The van der Waals surface area contributed by atoms with Crippen molar-refractivity contribution in [3.8, 4) is 11.5 Å². The molecule has 0 spiro atoms. The molecule has 0 fully saturated rings. The first-order valence-corrected chi connectivity index (χ1v) is 18.4. The highest BCUT2D eigenvalue weighted by molar-refractivity contribution is 5.97. The topological polar surface area (TPSA) is 227 Å². The van der Waals surface area contributed by atoms with E-state index in [0.29, 0.717) is 36.5 Å². The number of nitrogens with one attached hydrogen (secondary N) is 3. The number of carbonyl (C=O) groups excluding carboxylic acids is 5. The molecule has 3 aromatic rings. The van der Waals surface area contributed by atoms with Gasteiger partial charge in [-0.25, -0.2) is 4.98 Å². The number of rotatable bonds is 12. The van der Waals surface area contributed by atoms with Crippen molar-refractivity contribution in [3.63, 3.8) is 0 Å². The normalized spacial score (nSPS) is 19.1. The van der Waals surface area contributed by atoms with Gasteiger partial charge in [0.05, 0.1) is 12.4 Å². The van der Waals surface area contributed by atoms with Gasteiger partial charge in [-0.1, -0.05) is 24.3 Å². The van der Waals surface area contributed by atoms with Crippen LogP contribution in [0.4, 0.5) is 0 Å². The molecule has 4 heterocycles. The largest absolute Gasteiger partial charge is 0.454 e. The summed E-state index contributed by atoms with van der Waals surface area (Å²) in [6.45, 7) is 3.33. The van der Waals surface area contributed by atoms with Gasteiger partial charge < -0.3 is 46.4 Å². The quantitative estimate of drug-likeness (QED) is 0.0997. The zero-order valence-electron chi connectivity index (χ0n) is 30.8. The number of ether oxygens (including phenoxy) is 2. The SMILES string of the molecule is CC(=O)N[C@@H](Cc1cnc[nH]1)C(=O)N1Cc2cc3c(cc2CC1C(=O)N[C@@H](CCCN=C(N)N)C(=O)N1CC2=C(CC1C(C)=O)c1ccccc1C2)OCO3. The summed E-state index contributed by atoms with van der Waals surface area (Å²) in [6.07, 6.45) is 4.81. The second-order valence-electron chi connectivity index (χ2n) is 14.4. The number of amides is 4. The Morgan fingerprint density at radius 2 is 1.65 bits per heavy atom. The summed E-state index contributed by atoms with van der Waals surface area (Å²) in [6, 6.07) is 7.77. The summed E-state index contributed by atoms with van der Waals surface area (Å²) in [4.78, 5) is 83.3. The standard InChI is InChI=1S/C39H45N9O7/c1-21(49)32-15-29-26(10-23-6-3-4-7-28(23)29)18-47(32)37(52)30(8-5-9-43-39(40)41)46-36(51)33-11-24-12-34-35(55-20-54-34)13-25(24)17-48(33)38(53)31(45-22(2)50)14-27-16-42-19-44-27/h3-4,6-7,12-13,16,19,30-33H,5,8-11,14-15,17-18,20H2,1-2H3,(H,42,44)(H,45,50)(H,46,51)(H4,40,41,43)/t30-,31-,32?,33?/m0/s1. The van der Waals surface area contributed by atoms with Crippen LogP contribution in [0, 0.1) is 0 Å². The Hall–Kier alpha value is -6.19. The number of fused-ring (bicyclic) bond motifs is 4. The summed E-state index contributed by atoms with van der Waals surface area (Å²) < 4.78 is 11.2. The van der Waals surface area contributed by atoms with E-state index in [2.05, 4.69) is 31.7 Å². The fourth-order valence-electron chi connectivity index (χ4n) is 8.05. The number of aromatic nitrogens is 2. The van der Waals surface area contributed by atoms with Gasteiger partial charge in [0, 0.05) is 57.7 Å². The van der Waals surface area contributed by atoms with Gasteiger partial charge in [0.15, 0.2) is 23.2 Å². The number of Topliss-reactive ketones (excluding diaryl/α,β-unsaturated/α-hetero) is 1. The van der Waals surface area contributed by atoms with E-state index in [-0.39, 0.29) is 57.4 Å². The number of carbonyl (C=O) groups is 5. The van der Waals surface area contributed by atoms with Gasteiger partial charge in [0.25, 0.3) is 0 Å². The molecule has 16 heteroatoms. The number of hydrogen-bond donors (Lipinski definition) is 5. The number of guanidine groups is 1. The van der Waals surface area contributed by atoms with E-state index in [4.69, 9.17) is 20.9 Å². The first-order valence-electron chi connectivity index (χ1n) is 18.4. The van der Waals surface area contributed by atoms with Crippen LogP contribution >= 0.6 is 0 Å². The molecule has 0 saturated heterocycles. The highest BCUT2D eigenvalue weighted by Gasteiger charge is 2.43. The third-order valence-corrected chi connectivity index (χ3v) is 10.7. The Kier molecular flexibility index (Phi) is 10.6. The zero-order chi connectivity index (χ0) is 38.8. The van der Waals surface area contributed by atoms with Crippen LogP contribution in [-0.4, -0.2) is 99.2 Å². The summed E-state index contributed by atoms with van der Waals surface area (Å²) in [5, 5.41) is 5.72. The van der Waals surface area contributed by atoms with Crippen LogP contribution in [0.5, 0.6) is 11.5 Å². The maximum absolute atomic E-state index is 14.7. The first-order chi connectivity index (χ1) is 26.5. The molecule has 288 valence electrons. The number of imidazole rings is 1. The molecule has 4 atom stereocenters. The molecule has 0 bridgehead atoms. The number of benzene rings is 2. The molecule has 2 aromatic carbocycles. The predicted octanol–water partition coefficient (Wildman–Crippen LogP) is 0.877. The number of aromatic amines is 1. The summed E-state index contributed by atoms with van der Waals surface area (Å²) >= 11 is 0. The average molecular weight is 752 g/mol. The minimum Gasteiger partial charge on any atom is -0.454 e. The van der Waals surface area contributed by atoms with Gasteiger partial charge in [-0.15, -0.1) is 0 Å². The van der Waals surface area contributed by atoms with Crippen molar-refractivity contribution in [1.29, 1.82) is 0 Å². The lowest BCUT2D eigenvalue weighted by Gasteiger charge is -2.40. The van der Waals surface area contributed by atoms with E-state index in [1.807, 2.05) is 24.3 Å². The van der Waals surface area contributed by atoms with E-state index in [9.17, 15) is 24.0 Å². The minimum atomic E-state index is -1.07. The molecule has 0 saturated carbocycles. The molecule has 1 aliphatic carbocycles. The predicted molar refractivity (Wildman–Crippen MR) is 200 cm³/mol. The minimum absolute atomic E-state index is 0.0289. The van der Waals surface area contributed by atoms with E-state index in [0.717, 1.165) is 33.4 Å². The third kappa shape index (κ3) is 7.88. The van der Waals surface area contributed by atoms with Gasteiger partial charge in [-0.05, 0) is 71.7 Å². The molecule has 4 amide bonds. The van der Waals surface area contributed by atoms with Crippen LogP contribution < -0.4 is 31.6 Å². The van der Waals surface area contributed by atoms with Gasteiger partial charge in [-0.2, -0.15) is 0 Å². The molecule has 1 aromatic heterocycles. The molecular weight excluding hydrogens is 706 g/mol. The Morgan fingerprint density at radius 1 is 0.927 bits per heavy atom. The van der Waals surface area contributed by atoms with E-state index in [1.165, 1.54) is 25.1 Å². The van der Waals surface area contributed by atoms with E-state index >= 15 is 0 Å². The summed E-state index contributed by atoms with van der Waals surface area (Å²) in [7, 11) is 0. The van der Waals surface area contributed by atoms with Crippen LogP contribution in [0.1, 0.15) is 61.1 Å². The number of hydrogen-bond acceptors (Lipinski definition) is 9. The van der Waals surface area contributed by atoms with E-state index < -0.39 is 47.8 Å². The maximum atomic E-state index is 14.7. The fourth-order valence-corrected chi connectivity index (χ4v) is 8.05. The molecule has 2 unspecified atom stereocenters. The van der Waals surface area contributed by atoms with Crippen molar-refractivity contribution < 1.29 is 33.4 Å². The molecule has 7 rings (SSSR count). The molecule has 3 aliphatic heterocycles. The Balaban J connectivity index is 1.19. The Bertz CT molecular complexity index is 2070. The maximum Gasteiger partial charge on any atom is 0.246 e. The lowest BCUT2D eigenvalue weighted by Crippen LogP contribution is -2.61. The number of H-pyrrole nitrogens is 1. The van der Waals surface area contributed by atoms with Crippen LogP contribution in [0.25, 0.3) is 5.57 Å². The average Bonchev–Trinajstić information content (AvgIpc) is 3.93. The second-order valence-corrected chi connectivity index (χ2v) is 14.4. The van der Waals surface area contributed by atoms with Gasteiger partial charge in [-0.3, -0.25) is 29.0 Å². The second kappa shape index (κ2) is 15.7. The zero-order valence-corrected chi connectivity index (χ0v) is 30.8. The van der Waals surface area contributed by atoms with Gasteiger partial charge >= 0.3 is 0 Å². The highest BCUT2D eigenvalue weighted by atomic mass is 16.7. The highest BCUT2D eigenvalue weighted by Crippen LogP contribution is 2.41. The number of nitrogens with zero attached hydrogens (tertiary/aromatic N) is 4. The third-order valence-electron chi connectivity index (χ3n) is 10.7. The monoisotopic (exact) mass is 751 g/mol. The van der Waals surface area contributed by atoms with Gasteiger partial charge in [0.2, 0.25) is 30.4 Å². The van der Waals surface area contributed by atoms with Crippen molar-refractivity contribution in [2.24, 2.45) is 16.5 Å².